The molecule has 0 saturated carbocycles. The van der Waals surface area contributed by atoms with Gasteiger partial charge in [0.1, 0.15) is 12.5 Å². The highest BCUT2D eigenvalue weighted by molar-refractivity contribution is 5.84. The summed E-state index contributed by atoms with van der Waals surface area (Å²) in [6.07, 6.45) is 3.25. The number of aromatic nitrogens is 4. The summed E-state index contributed by atoms with van der Waals surface area (Å²) in [5.74, 6) is 1.83. The van der Waals surface area contributed by atoms with E-state index in [1.54, 1.807) is 0 Å². The number of H-pyrrole nitrogens is 1. The molecule has 0 fully saturated rings. The van der Waals surface area contributed by atoms with Gasteiger partial charge in [0.05, 0.1) is 6.54 Å². The molecule has 5 aromatic rings. The molecule has 1 aliphatic heterocycles. The third-order valence-electron chi connectivity index (χ3n) is 7.03. The Kier molecular flexibility index (Phi) is 6.81. The molecule has 0 saturated heterocycles. The molecule has 0 spiro atoms. The SMILES string of the molecule is CCCCC1=NN(Cc2ccc3ccccc3c2)CN1Cc1ccc(-c2ccccc2)c(-c2nnn[nH]2)c1. The number of hydrogen-bond donors (Lipinski definition) is 1. The maximum Gasteiger partial charge on any atom is 0.180 e. The number of amidine groups is 1. The minimum atomic E-state index is 0.671. The Hall–Kier alpha value is -4.52. The molecule has 2 heterocycles. The molecule has 1 aliphatic rings. The molecule has 0 amide bonds. The van der Waals surface area contributed by atoms with E-state index in [0.717, 1.165) is 61.5 Å². The molecule has 0 aliphatic carbocycles. The molecule has 0 atom stereocenters. The molecule has 7 heteroatoms. The topological polar surface area (TPSA) is 73.3 Å². The Morgan fingerprint density at radius 2 is 1.58 bits per heavy atom. The van der Waals surface area contributed by atoms with E-state index in [0.29, 0.717) is 5.82 Å². The van der Waals surface area contributed by atoms with Crippen molar-refractivity contribution in [2.75, 3.05) is 6.67 Å². The van der Waals surface area contributed by atoms with E-state index in [4.69, 9.17) is 5.10 Å². The summed E-state index contributed by atoms with van der Waals surface area (Å²) >= 11 is 0. The smallest absolute Gasteiger partial charge is 0.180 e. The highest BCUT2D eigenvalue weighted by atomic mass is 15.6. The molecular weight excluding hydrogens is 470 g/mol. The Morgan fingerprint density at radius 3 is 2.39 bits per heavy atom. The standard InChI is InChI=1S/C31H31N7/c1-2-3-13-30-34-38(21-23-14-16-25-9-7-8-12-27(25)18-23)22-37(30)20-24-15-17-28(26-10-5-4-6-11-26)29(19-24)31-32-35-36-33-31/h4-12,14-19H,2-3,13,20-22H2,1H3,(H,32,33,35,36). The van der Waals surface area contributed by atoms with Crippen molar-refractivity contribution in [3.63, 3.8) is 0 Å². The van der Waals surface area contributed by atoms with Crippen molar-refractivity contribution in [2.45, 2.75) is 39.3 Å². The van der Waals surface area contributed by atoms with Gasteiger partial charge in [0, 0.05) is 18.5 Å². The van der Waals surface area contributed by atoms with Gasteiger partial charge < -0.3 is 4.90 Å². The second kappa shape index (κ2) is 10.8. The molecule has 7 nitrogen and oxygen atoms in total. The first-order valence-corrected chi connectivity index (χ1v) is 13.2. The number of tetrazole rings is 1. The van der Waals surface area contributed by atoms with Crippen LogP contribution in [0.5, 0.6) is 0 Å². The Balaban J connectivity index is 1.25. The quantitative estimate of drug-likeness (QED) is 0.251. The summed E-state index contributed by atoms with van der Waals surface area (Å²) < 4.78 is 0. The van der Waals surface area contributed by atoms with E-state index in [1.807, 2.05) is 6.07 Å². The van der Waals surface area contributed by atoms with Crippen LogP contribution < -0.4 is 0 Å². The molecule has 1 aromatic heterocycles. The number of hydrogen-bond acceptors (Lipinski definition) is 6. The number of fused-ring (bicyclic) bond motifs is 1. The fourth-order valence-corrected chi connectivity index (χ4v) is 5.10. The van der Waals surface area contributed by atoms with Crippen molar-refractivity contribution in [2.24, 2.45) is 5.10 Å². The van der Waals surface area contributed by atoms with Crippen molar-refractivity contribution >= 4 is 16.6 Å². The van der Waals surface area contributed by atoms with Crippen LogP contribution in [0.1, 0.15) is 37.3 Å². The van der Waals surface area contributed by atoms with Crippen molar-refractivity contribution in [3.8, 4) is 22.5 Å². The number of nitrogens with one attached hydrogen (secondary N) is 1. The summed E-state index contributed by atoms with van der Waals surface area (Å²) in [5.41, 5.74) is 5.72. The van der Waals surface area contributed by atoms with Crippen LogP contribution in [0.4, 0.5) is 0 Å². The molecule has 6 rings (SSSR count). The van der Waals surface area contributed by atoms with E-state index >= 15 is 0 Å². The van der Waals surface area contributed by atoms with Crippen LogP contribution in [0.2, 0.25) is 0 Å². The molecule has 1 N–H and O–H groups in total. The van der Waals surface area contributed by atoms with Crippen LogP contribution in [0.15, 0.2) is 96.1 Å². The second-order valence-electron chi connectivity index (χ2n) is 9.80. The lowest BCUT2D eigenvalue weighted by atomic mass is 9.97. The van der Waals surface area contributed by atoms with Crippen LogP contribution >= 0.6 is 0 Å². The minimum Gasteiger partial charge on any atom is -0.335 e. The lowest BCUT2D eigenvalue weighted by Crippen LogP contribution is -2.30. The Morgan fingerprint density at radius 1 is 0.789 bits per heavy atom. The maximum atomic E-state index is 5.05. The zero-order valence-corrected chi connectivity index (χ0v) is 21.6. The summed E-state index contributed by atoms with van der Waals surface area (Å²) in [6.45, 7) is 4.57. The lowest BCUT2D eigenvalue weighted by molar-refractivity contribution is 0.223. The highest BCUT2D eigenvalue weighted by Gasteiger charge is 2.23. The van der Waals surface area contributed by atoms with Gasteiger partial charge in [0.2, 0.25) is 0 Å². The van der Waals surface area contributed by atoms with Gasteiger partial charge in [-0.15, -0.1) is 5.10 Å². The molecule has 190 valence electrons. The van der Waals surface area contributed by atoms with Crippen molar-refractivity contribution in [1.82, 2.24) is 30.5 Å². The van der Waals surface area contributed by atoms with Gasteiger partial charge in [0.15, 0.2) is 5.82 Å². The summed E-state index contributed by atoms with van der Waals surface area (Å²) in [7, 11) is 0. The van der Waals surface area contributed by atoms with E-state index in [2.05, 4.69) is 122 Å². The van der Waals surface area contributed by atoms with Gasteiger partial charge in [-0.3, -0.25) is 5.01 Å². The predicted octanol–water partition coefficient (Wildman–Crippen LogP) is 6.47. The van der Waals surface area contributed by atoms with E-state index in [9.17, 15) is 0 Å². The number of unbranched alkanes of at least 4 members (excludes halogenated alkanes) is 1. The van der Waals surface area contributed by atoms with Crippen molar-refractivity contribution in [1.29, 1.82) is 0 Å². The molecular formula is C31H31N7. The highest BCUT2D eigenvalue weighted by Crippen LogP contribution is 2.31. The lowest BCUT2D eigenvalue weighted by Gasteiger charge is -2.22. The molecule has 4 aromatic carbocycles. The third kappa shape index (κ3) is 5.13. The zero-order valence-electron chi connectivity index (χ0n) is 21.6. The minimum absolute atomic E-state index is 0.671. The fourth-order valence-electron chi connectivity index (χ4n) is 5.10. The Bertz CT molecular complexity index is 1540. The third-order valence-corrected chi connectivity index (χ3v) is 7.03. The summed E-state index contributed by atoms with van der Waals surface area (Å²) in [6, 6.07) is 32.1. The molecule has 0 bridgehead atoms. The van der Waals surface area contributed by atoms with Crippen LogP contribution in [0.3, 0.4) is 0 Å². The second-order valence-corrected chi connectivity index (χ2v) is 9.80. The average Bonchev–Trinajstić information content (AvgIpc) is 3.63. The van der Waals surface area contributed by atoms with Gasteiger partial charge >= 0.3 is 0 Å². The van der Waals surface area contributed by atoms with E-state index in [-0.39, 0.29) is 0 Å². The van der Waals surface area contributed by atoms with Gasteiger partial charge in [-0.05, 0) is 62.0 Å². The van der Waals surface area contributed by atoms with Gasteiger partial charge in [0.25, 0.3) is 0 Å². The zero-order chi connectivity index (χ0) is 25.7. The summed E-state index contributed by atoms with van der Waals surface area (Å²) in [5, 5.41) is 24.6. The number of aromatic amines is 1. The fraction of sp³-hybridized carbons (Fsp3) is 0.226. The van der Waals surface area contributed by atoms with Crippen LogP contribution in [0.25, 0.3) is 33.3 Å². The van der Waals surface area contributed by atoms with Crippen LogP contribution in [-0.2, 0) is 13.1 Å². The van der Waals surface area contributed by atoms with Crippen molar-refractivity contribution < 1.29 is 0 Å². The summed E-state index contributed by atoms with van der Waals surface area (Å²) in [4.78, 5) is 2.40. The van der Waals surface area contributed by atoms with Gasteiger partial charge in [-0.25, -0.2) is 5.10 Å². The van der Waals surface area contributed by atoms with E-state index in [1.165, 1.54) is 21.9 Å². The molecule has 38 heavy (non-hydrogen) atoms. The largest absolute Gasteiger partial charge is 0.335 e. The van der Waals surface area contributed by atoms with Crippen LogP contribution in [0, 0.1) is 0 Å². The number of rotatable bonds is 9. The number of hydrazone groups is 1. The Labute approximate surface area is 222 Å². The maximum absolute atomic E-state index is 5.05. The molecule has 0 radical (unpaired) electrons. The first kappa shape index (κ1) is 23.9. The van der Waals surface area contributed by atoms with Crippen molar-refractivity contribution in [3.05, 3.63) is 102 Å². The normalized spacial score (nSPS) is 13.3. The van der Waals surface area contributed by atoms with Gasteiger partial charge in [-0.1, -0.05) is 92.2 Å². The molecule has 0 unspecified atom stereocenters. The average molecular weight is 502 g/mol. The van der Waals surface area contributed by atoms with Crippen LogP contribution in [-0.4, -0.2) is 43.0 Å². The van der Waals surface area contributed by atoms with E-state index < -0.39 is 0 Å². The monoisotopic (exact) mass is 501 g/mol. The first-order chi connectivity index (χ1) is 18.8. The first-order valence-electron chi connectivity index (χ1n) is 13.2. The van der Waals surface area contributed by atoms with Gasteiger partial charge in [-0.2, -0.15) is 5.10 Å². The predicted molar refractivity (Wildman–Crippen MR) is 152 cm³/mol. The number of nitrogens with zero attached hydrogens (tertiary/aromatic N) is 6. The number of benzene rings is 4.